The molecule has 168 valence electrons. The van der Waals surface area contributed by atoms with Crippen LogP contribution >= 0.6 is 11.6 Å². The zero-order valence-electron chi connectivity index (χ0n) is 18.2. The minimum Gasteiger partial charge on any atom is -0.496 e. The van der Waals surface area contributed by atoms with Gasteiger partial charge in [-0.25, -0.2) is 4.98 Å². The molecule has 1 aliphatic heterocycles. The monoisotopic (exact) mass is 455 g/mol. The summed E-state index contributed by atoms with van der Waals surface area (Å²) in [7, 11) is 3.21. The van der Waals surface area contributed by atoms with Crippen molar-refractivity contribution in [2.75, 3.05) is 32.6 Å². The highest BCUT2D eigenvalue weighted by Gasteiger charge is 2.26. The molecule has 2 aromatic heterocycles. The number of hydrogen-bond acceptors (Lipinski definition) is 7. The van der Waals surface area contributed by atoms with Crippen molar-refractivity contribution in [2.45, 2.75) is 25.4 Å². The summed E-state index contributed by atoms with van der Waals surface area (Å²) >= 11 is 6.68. The van der Waals surface area contributed by atoms with Gasteiger partial charge in [-0.3, -0.25) is 9.78 Å². The van der Waals surface area contributed by atoms with Crippen LogP contribution in [0.15, 0.2) is 30.6 Å². The van der Waals surface area contributed by atoms with Crippen molar-refractivity contribution in [2.24, 2.45) is 0 Å². The quantitative estimate of drug-likeness (QED) is 0.449. The highest BCUT2D eigenvalue weighted by atomic mass is 35.5. The summed E-state index contributed by atoms with van der Waals surface area (Å²) in [5.74, 6) is 1.99. The van der Waals surface area contributed by atoms with E-state index in [0.29, 0.717) is 16.5 Å². The third kappa shape index (κ3) is 4.16. The van der Waals surface area contributed by atoms with Crippen molar-refractivity contribution in [3.63, 3.8) is 0 Å². The molecule has 4 rings (SSSR count). The number of halogens is 1. The van der Waals surface area contributed by atoms with Crippen LogP contribution < -0.4 is 25.4 Å². The number of nitrogens with zero attached hydrogens (tertiary/aromatic N) is 2. The van der Waals surface area contributed by atoms with Crippen molar-refractivity contribution in [1.82, 2.24) is 20.6 Å². The van der Waals surface area contributed by atoms with E-state index in [9.17, 15) is 4.79 Å². The molecule has 1 amide bonds. The van der Waals surface area contributed by atoms with Gasteiger partial charge in [0.15, 0.2) is 0 Å². The van der Waals surface area contributed by atoms with E-state index in [1.807, 2.05) is 24.5 Å². The number of amides is 1. The Hall–Kier alpha value is -3.10. The maximum absolute atomic E-state index is 10.8. The number of ether oxygens (including phenoxy) is 2. The lowest BCUT2D eigenvalue weighted by molar-refractivity contribution is -0.110. The Morgan fingerprint density at radius 2 is 1.81 bits per heavy atom. The van der Waals surface area contributed by atoms with Crippen LogP contribution in [0.25, 0.3) is 22.0 Å². The number of carbonyl (C=O) groups is 1. The molecule has 1 fully saturated rings. The predicted molar refractivity (Wildman–Crippen MR) is 126 cm³/mol. The van der Waals surface area contributed by atoms with Crippen LogP contribution in [0.5, 0.6) is 11.5 Å². The lowest BCUT2D eigenvalue weighted by atomic mass is 9.99. The van der Waals surface area contributed by atoms with E-state index in [4.69, 9.17) is 26.1 Å². The van der Waals surface area contributed by atoms with Gasteiger partial charge in [0.25, 0.3) is 0 Å². The van der Waals surface area contributed by atoms with Gasteiger partial charge in [0.05, 0.1) is 37.0 Å². The number of rotatable bonds is 8. The van der Waals surface area contributed by atoms with E-state index in [-0.39, 0.29) is 12.1 Å². The largest absolute Gasteiger partial charge is 0.496 e. The SMILES string of the molecule is CCc1c(OC)cc(OC)c(Cl)c1-c1cc2cnc(NC3CNCC3NC=O)cc2cn1. The lowest BCUT2D eigenvalue weighted by Gasteiger charge is -2.20. The molecule has 3 heterocycles. The summed E-state index contributed by atoms with van der Waals surface area (Å²) in [6, 6.07) is 5.81. The summed E-state index contributed by atoms with van der Waals surface area (Å²) in [6.45, 7) is 3.52. The summed E-state index contributed by atoms with van der Waals surface area (Å²) in [4.78, 5) is 20.1. The number of benzene rings is 1. The number of hydrogen-bond donors (Lipinski definition) is 3. The Morgan fingerprint density at radius 1 is 1.09 bits per heavy atom. The van der Waals surface area contributed by atoms with Crippen LogP contribution in [0.3, 0.4) is 0 Å². The summed E-state index contributed by atoms with van der Waals surface area (Å²) in [5, 5.41) is 11.9. The van der Waals surface area contributed by atoms with Crippen LogP contribution in [0.2, 0.25) is 5.02 Å². The fourth-order valence-electron chi connectivity index (χ4n) is 4.13. The Balaban J connectivity index is 1.70. The zero-order valence-corrected chi connectivity index (χ0v) is 19.0. The number of carbonyl (C=O) groups excluding carboxylic acids is 1. The van der Waals surface area contributed by atoms with Crippen molar-refractivity contribution in [3.05, 3.63) is 41.2 Å². The first-order valence-corrected chi connectivity index (χ1v) is 10.8. The number of pyridine rings is 2. The molecule has 0 spiro atoms. The molecule has 3 N–H and O–H groups in total. The lowest BCUT2D eigenvalue weighted by Crippen LogP contribution is -2.42. The molecular formula is C23H26ClN5O3. The molecule has 2 unspecified atom stereocenters. The summed E-state index contributed by atoms with van der Waals surface area (Å²) in [6.07, 6.45) is 5.08. The average molecular weight is 456 g/mol. The van der Waals surface area contributed by atoms with Crippen LogP contribution in [-0.2, 0) is 11.2 Å². The third-order valence-electron chi connectivity index (χ3n) is 5.78. The van der Waals surface area contributed by atoms with Gasteiger partial charge in [-0.1, -0.05) is 18.5 Å². The molecule has 8 nitrogen and oxygen atoms in total. The van der Waals surface area contributed by atoms with Crippen LogP contribution in [-0.4, -0.2) is 55.8 Å². The van der Waals surface area contributed by atoms with Gasteiger partial charge >= 0.3 is 0 Å². The Bertz CT molecular complexity index is 1140. The molecule has 0 saturated carbocycles. The molecule has 0 radical (unpaired) electrons. The Morgan fingerprint density at radius 3 is 2.53 bits per heavy atom. The normalized spacial score (nSPS) is 17.9. The second-order valence-corrected chi connectivity index (χ2v) is 7.97. The highest BCUT2D eigenvalue weighted by molar-refractivity contribution is 6.35. The van der Waals surface area contributed by atoms with Crippen molar-refractivity contribution < 1.29 is 14.3 Å². The van der Waals surface area contributed by atoms with E-state index in [0.717, 1.165) is 59.3 Å². The molecule has 3 aromatic rings. The smallest absolute Gasteiger partial charge is 0.207 e. The second kappa shape index (κ2) is 9.58. The average Bonchev–Trinajstić information content (AvgIpc) is 3.25. The highest BCUT2D eigenvalue weighted by Crippen LogP contribution is 2.43. The maximum Gasteiger partial charge on any atom is 0.207 e. The van der Waals surface area contributed by atoms with Crippen molar-refractivity contribution in [1.29, 1.82) is 0 Å². The number of anilines is 1. The van der Waals surface area contributed by atoms with Gasteiger partial charge < -0.3 is 25.4 Å². The van der Waals surface area contributed by atoms with E-state index in [2.05, 4.69) is 27.9 Å². The van der Waals surface area contributed by atoms with Crippen molar-refractivity contribution >= 4 is 34.6 Å². The third-order valence-corrected chi connectivity index (χ3v) is 6.15. The van der Waals surface area contributed by atoms with Gasteiger partial charge in [-0.15, -0.1) is 0 Å². The van der Waals surface area contributed by atoms with Gasteiger partial charge in [-0.2, -0.15) is 0 Å². The number of nitrogens with one attached hydrogen (secondary N) is 3. The van der Waals surface area contributed by atoms with Gasteiger partial charge in [0.1, 0.15) is 17.3 Å². The Labute approximate surface area is 191 Å². The molecule has 2 atom stereocenters. The number of aromatic nitrogens is 2. The van der Waals surface area contributed by atoms with Gasteiger partial charge in [0, 0.05) is 53.4 Å². The predicted octanol–water partition coefficient (Wildman–Crippen LogP) is 3.03. The van der Waals surface area contributed by atoms with Gasteiger partial charge in [-0.05, 0) is 18.6 Å². The minimum absolute atomic E-state index is 0.0168. The first-order chi connectivity index (χ1) is 15.6. The first kappa shape index (κ1) is 22.1. The van der Waals surface area contributed by atoms with E-state index in [1.54, 1.807) is 20.3 Å². The van der Waals surface area contributed by atoms with E-state index < -0.39 is 0 Å². The standard InChI is InChI=1S/C23H26ClN5O3/c1-4-15-19(31-2)7-20(32-3)23(24)22(15)16-5-13-9-27-21(6-14(13)8-26-16)29-18-11-25-10-17(18)28-12-30/h5-9,12,17-18,25H,4,10-11H2,1-3H3,(H,27,29)(H,28,30). The minimum atomic E-state index is 0.0168. The first-order valence-electron chi connectivity index (χ1n) is 10.5. The molecular weight excluding hydrogens is 430 g/mol. The molecule has 32 heavy (non-hydrogen) atoms. The van der Waals surface area contributed by atoms with Crippen molar-refractivity contribution in [3.8, 4) is 22.8 Å². The summed E-state index contributed by atoms with van der Waals surface area (Å²) < 4.78 is 11.0. The molecule has 1 saturated heterocycles. The Kier molecular flexibility index (Phi) is 6.62. The molecule has 0 aliphatic carbocycles. The molecule has 1 aromatic carbocycles. The van der Waals surface area contributed by atoms with Crippen LogP contribution in [0, 0.1) is 0 Å². The van der Waals surface area contributed by atoms with E-state index in [1.165, 1.54) is 0 Å². The molecule has 1 aliphatic rings. The number of methoxy groups -OCH3 is 2. The number of fused-ring (bicyclic) bond motifs is 1. The van der Waals surface area contributed by atoms with E-state index >= 15 is 0 Å². The fourth-order valence-corrected chi connectivity index (χ4v) is 4.48. The topological polar surface area (TPSA) is 97.4 Å². The van der Waals surface area contributed by atoms with Gasteiger partial charge in [0.2, 0.25) is 6.41 Å². The van der Waals surface area contributed by atoms with Crippen LogP contribution in [0.4, 0.5) is 5.82 Å². The molecule has 9 heteroatoms. The second-order valence-electron chi connectivity index (χ2n) is 7.59. The molecule has 0 bridgehead atoms. The fraction of sp³-hybridized carbons (Fsp3) is 0.348. The summed E-state index contributed by atoms with van der Waals surface area (Å²) in [5.41, 5.74) is 2.50. The van der Waals surface area contributed by atoms with Crippen LogP contribution in [0.1, 0.15) is 12.5 Å². The maximum atomic E-state index is 10.8. The zero-order chi connectivity index (χ0) is 22.7.